The zero-order valence-electron chi connectivity index (χ0n) is 18.9. The average molecular weight is 486 g/mol. The van der Waals surface area contributed by atoms with Gasteiger partial charge in [-0.15, -0.1) is 0 Å². The smallest absolute Gasteiger partial charge is 0.264 e. The van der Waals surface area contributed by atoms with Gasteiger partial charge in [-0.1, -0.05) is 23.8 Å². The lowest BCUT2D eigenvalue weighted by atomic mass is 10.2. The number of methoxy groups -OCH3 is 2. The van der Waals surface area contributed by atoms with E-state index in [0.29, 0.717) is 17.1 Å². The fourth-order valence-electron chi connectivity index (χ4n) is 3.11. The van der Waals surface area contributed by atoms with Gasteiger partial charge >= 0.3 is 0 Å². The molecule has 0 aromatic heterocycles. The van der Waals surface area contributed by atoms with Crippen LogP contribution in [0.3, 0.4) is 0 Å². The van der Waals surface area contributed by atoms with Crippen molar-refractivity contribution >= 4 is 27.8 Å². The highest BCUT2D eigenvalue weighted by atomic mass is 32.2. The zero-order valence-corrected chi connectivity index (χ0v) is 19.7. The van der Waals surface area contributed by atoms with Gasteiger partial charge in [0.1, 0.15) is 12.4 Å². The molecule has 0 atom stereocenters. The number of aryl methyl sites for hydroxylation is 1. The van der Waals surface area contributed by atoms with Gasteiger partial charge in [-0.05, 0) is 55.5 Å². The van der Waals surface area contributed by atoms with Gasteiger partial charge in [0.25, 0.3) is 15.9 Å². The molecule has 1 amide bonds. The van der Waals surface area contributed by atoms with Gasteiger partial charge in [0, 0.05) is 5.56 Å². The lowest BCUT2D eigenvalue weighted by molar-refractivity contribution is -0.119. The van der Waals surface area contributed by atoms with Crippen molar-refractivity contribution in [3.8, 4) is 11.5 Å². The molecule has 0 saturated carbocycles. The minimum Gasteiger partial charge on any atom is -0.493 e. The van der Waals surface area contributed by atoms with E-state index in [1.54, 1.807) is 42.5 Å². The van der Waals surface area contributed by atoms with Crippen LogP contribution in [0.2, 0.25) is 0 Å². The molecular weight excluding hydrogens is 461 g/mol. The minimum absolute atomic E-state index is 0.146. The van der Waals surface area contributed by atoms with Gasteiger partial charge in [0.2, 0.25) is 0 Å². The number of nitrogens with one attached hydrogen (secondary N) is 1. The average Bonchev–Trinajstić information content (AvgIpc) is 2.83. The number of carbonyl (C=O) groups excluding carboxylic acids is 1. The Morgan fingerprint density at radius 1 is 1.03 bits per heavy atom. The molecule has 0 aliphatic heterocycles. The first-order valence-electron chi connectivity index (χ1n) is 10.1. The van der Waals surface area contributed by atoms with Crippen molar-refractivity contribution in [2.75, 3.05) is 25.1 Å². The number of amides is 1. The number of carbonyl (C=O) groups is 1. The predicted molar refractivity (Wildman–Crippen MR) is 127 cm³/mol. The Labute approximate surface area is 197 Å². The number of benzene rings is 3. The molecule has 3 aromatic rings. The molecular formula is C24H24FN3O5S. The summed E-state index contributed by atoms with van der Waals surface area (Å²) in [5.74, 6) is -0.317. The lowest BCUT2D eigenvalue weighted by Crippen LogP contribution is -2.39. The maximum absolute atomic E-state index is 13.3. The minimum atomic E-state index is -4.16. The van der Waals surface area contributed by atoms with Gasteiger partial charge in [0.15, 0.2) is 11.5 Å². The molecule has 3 aromatic carbocycles. The summed E-state index contributed by atoms with van der Waals surface area (Å²) in [6.45, 7) is 1.31. The number of nitrogens with zero attached hydrogens (tertiary/aromatic N) is 2. The highest BCUT2D eigenvalue weighted by molar-refractivity contribution is 7.92. The fourth-order valence-corrected chi connectivity index (χ4v) is 4.53. The molecule has 0 saturated heterocycles. The summed E-state index contributed by atoms with van der Waals surface area (Å²) >= 11 is 0. The summed E-state index contributed by atoms with van der Waals surface area (Å²) in [6.07, 6.45) is 1.37. The number of anilines is 1. The number of rotatable bonds is 9. The van der Waals surface area contributed by atoms with Gasteiger partial charge in [0.05, 0.1) is 31.0 Å². The summed E-state index contributed by atoms with van der Waals surface area (Å²) in [4.78, 5) is 12.5. The normalized spacial score (nSPS) is 11.3. The second kappa shape index (κ2) is 10.8. The third kappa shape index (κ3) is 5.70. The lowest BCUT2D eigenvalue weighted by Gasteiger charge is -2.23. The van der Waals surface area contributed by atoms with Gasteiger partial charge in [-0.2, -0.15) is 5.10 Å². The molecule has 0 spiro atoms. The van der Waals surface area contributed by atoms with E-state index in [4.69, 9.17) is 9.47 Å². The topological polar surface area (TPSA) is 97.3 Å². The van der Waals surface area contributed by atoms with E-state index in [9.17, 15) is 17.6 Å². The Morgan fingerprint density at radius 2 is 1.71 bits per heavy atom. The molecule has 34 heavy (non-hydrogen) atoms. The third-order valence-electron chi connectivity index (χ3n) is 4.84. The standard InChI is InChI=1S/C24H24FN3O5S/c1-17-7-11-20(12-8-17)28(34(30,31)21-13-9-19(25)10-14-21)16-23(29)27-26-15-18-5-4-6-22(32-2)24(18)33-3/h4-15H,16H2,1-3H3,(H,27,29)/b26-15-. The van der Waals surface area contributed by atoms with Crippen LogP contribution in [0.4, 0.5) is 10.1 Å². The monoisotopic (exact) mass is 485 g/mol. The van der Waals surface area contributed by atoms with Crippen molar-refractivity contribution < 1.29 is 27.1 Å². The van der Waals surface area contributed by atoms with Gasteiger partial charge in [-0.3, -0.25) is 9.10 Å². The second-order valence-electron chi connectivity index (χ2n) is 7.18. The van der Waals surface area contributed by atoms with E-state index in [2.05, 4.69) is 10.5 Å². The number of halogens is 1. The molecule has 10 heteroatoms. The molecule has 0 aliphatic rings. The molecule has 1 N–H and O–H groups in total. The van der Waals surface area contributed by atoms with Gasteiger partial charge in [-0.25, -0.2) is 18.2 Å². The summed E-state index contributed by atoms with van der Waals surface area (Å²) in [7, 11) is -1.18. The molecule has 0 bridgehead atoms. The van der Waals surface area contributed by atoms with E-state index in [-0.39, 0.29) is 10.6 Å². The Morgan fingerprint density at radius 3 is 2.32 bits per heavy atom. The van der Waals surface area contributed by atoms with E-state index in [1.807, 2.05) is 6.92 Å². The van der Waals surface area contributed by atoms with E-state index in [1.165, 1.54) is 20.4 Å². The third-order valence-corrected chi connectivity index (χ3v) is 6.63. The van der Waals surface area contributed by atoms with E-state index in [0.717, 1.165) is 34.1 Å². The fraction of sp³-hybridized carbons (Fsp3) is 0.167. The second-order valence-corrected chi connectivity index (χ2v) is 9.04. The molecule has 178 valence electrons. The van der Waals surface area contributed by atoms with Crippen LogP contribution < -0.4 is 19.2 Å². The van der Waals surface area contributed by atoms with Crippen LogP contribution in [-0.2, 0) is 14.8 Å². The van der Waals surface area contributed by atoms with Crippen molar-refractivity contribution in [1.29, 1.82) is 0 Å². The molecule has 3 rings (SSSR count). The summed E-state index contributed by atoms with van der Waals surface area (Å²) in [5.41, 5.74) is 4.09. The molecule has 0 heterocycles. The van der Waals surface area contributed by atoms with Crippen LogP contribution in [0.1, 0.15) is 11.1 Å². The van der Waals surface area contributed by atoms with Crippen molar-refractivity contribution in [1.82, 2.24) is 5.43 Å². The summed E-state index contributed by atoms with van der Waals surface area (Å²) in [6, 6.07) is 16.2. The summed E-state index contributed by atoms with van der Waals surface area (Å²) in [5, 5.41) is 3.92. The highest BCUT2D eigenvalue weighted by Gasteiger charge is 2.27. The zero-order chi connectivity index (χ0) is 24.7. The molecule has 0 fully saturated rings. The van der Waals surface area contributed by atoms with Crippen LogP contribution in [0.25, 0.3) is 0 Å². The number of hydrogen-bond donors (Lipinski definition) is 1. The first-order valence-corrected chi connectivity index (χ1v) is 11.6. The Bertz CT molecular complexity index is 1280. The van der Waals surface area contributed by atoms with E-state index >= 15 is 0 Å². The number of para-hydroxylation sites is 1. The van der Waals surface area contributed by atoms with Crippen LogP contribution in [0.15, 0.2) is 76.7 Å². The Hall–Kier alpha value is -3.92. The van der Waals surface area contributed by atoms with Gasteiger partial charge < -0.3 is 9.47 Å². The van der Waals surface area contributed by atoms with Crippen molar-refractivity contribution in [3.63, 3.8) is 0 Å². The predicted octanol–water partition coefficient (Wildman–Crippen LogP) is 3.50. The first kappa shape index (κ1) is 24.7. The first-order chi connectivity index (χ1) is 16.3. The largest absolute Gasteiger partial charge is 0.493 e. The van der Waals surface area contributed by atoms with Crippen molar-refractivity contribution in [3.05, 3.63) is 83.7 Å². The van der Waals surface area contributed by atoms with Crippen LogP contribution in [-0.4, -0.2) is 41.3 Å². The van der Waals surface area contributed by atoms with Crippen molar-refractivity contribution in [2.24, 2.45) is 5.10 Å². The summed E-state index contributed by atoms with van der Waals surface area (Å²) < 4.78 is 51.4. The van der Waals surface area contributed by atoms with Crippen LogP contribution in [0.5, 0.6) is 11.5 Å². The maximum atomic E-state index is 13.3. The number of hydrazone groups is 1. The van der Waals surface area contributed by atoms with E-state index < -0.39 is 28.3 Å². The Kier molecular flexibility index (Phi) is 7.85. The van der Waals surface area contributed by atoms with Crippen LogP contribution >= 0.6 is 0 Å². The quantitative estimate of drug-likeness (QED) is 0.370. The number of ether oxygens (including phenoxy) is 2. The number of sulfonamides is 1. The number of hydrogen-bond acceptors (Lipinski definition) is 6. The molecule has 8 nitrogen and oxygen atoms in total. The highest BCUT2D eigenvalue weighted by Crippen LogP contribution is 2.29. The Balaban J connectivity index is 1.84. The molecule has 0 aliphatic carbocycles. The van der Waals surface area contributed by atoms with Crippen LogP contribution in [0, 0.1) is 12.7 Å². The van der Waals surface area contributed by atoms with Crippen molar-refractivity contribution in [2.45, 2.75) is 11.8 Å². The SMILES string of the molecule is COc1cccc(/C=N\NC(=O)CN(c2ccc(C)cc2)S(=O)(=O)c2ccc(F)cc2)c1OC. The molecule has 0 radical (unpaired) electrons. The maximum Gasteiger partial charge on any atom is 0.264 e. The molecule has 0 unspecified atom stereocenters.